The average Bonchev–Trinajstić information content (AvgIpc) is 3.61. The first-order valence-electron chi connectivity index (χ1n) is 15.9. The number of carbonyl (C=O) groups excluding carboxylic acids is 2. The summed E-state index contributed by atoms with van der Waals surface area (Å²) in [5.41, 5.74) is 10.8. The molecule has 3 aromatic carbocycles. The van der Waals surface area contributed by atoms with Gasteiger partial charge in [0.15, 0.2) is 0 Å². The summed E-state index contributed by atoms with van der Waals surface area (Å²) in [5, 5.41) is 10.6. The molecule has 0 spiro atoms. The number of carbonyl (C=O) groups is 2. The SMILES string of the molecule is COC(=O)N(C(=O)[C@@H](N)C(c1ccccc1)c1ccccc1)c1cnccc1SC[C@@H](CO)N(CC(C)C)S(=O)(=O)c1ccc2ncsc2c1. The minimum atomic E-state index is -4.04. The van der Waals surface area contributed by atoms with Crippen molar-refractivity contribution < 1.29 is 27.9 Å². The van der Waals surface area contributed by atoms with Crippen molar-refractivity contribution in [3.63, 3.8) is 0 Å². The number of aliphatic hydroxyl groups excluding tert-OH is 1. The lowest BCUT2D eigenvalue weighted by Gasteiger charge is -2.32. The maximum Gasteiger partial charge on any atom is 0.421 e. The fraction of sp³-hybridized carbons (Fsp3) is 0.278. The third kappa shape index (κ3) is 8.23. The first-order chi connectivity index (χ1) is 24.1. The molecule has 0 saturated carbocycles. The molecule has 0 unspecified atom stereocenters. The lowest BCUT2D eigenvalue weighted by molar-refractivity contribution is -0.119. The van der Waals surface area contributed by atoms with Crippen molar-refractivity contribution in [2.75, 3.05) is 30.9 Å². The Labute approximate surface area is 300 Å². The Bertz CT molecular complexity index is 1970. The molecule has 0 radical (unpaired) electrons. The molecule has 5 aromatic rings. The van der Waals surface area contributed by atoms with E-state index in [1.165, 1.54) is 53.0 Å². The highest BCUT2D eigenvalue weighted by molar-refractivity contribution is 7.99. The van der Waals surface area contributed by atoms with Crippen LogP contribution in [0.3, 0.4) is 0 Å². The van der Waals surface area contributed by atoms with E-state index in [1.54, 1.807) is 23.7 Å². The number of fused-ring (bicyclic) bond motifs is 1. The molecule has 262 valence electrons. The van der Waals surface area contributed by atoms with Crippen LogP contribution in [0.2, 0.25) is 0 Å². The number of amides is 2. The number of hydrogen-bond donors (Lipinski definition) is 2. The molecule has 2 aromatic heterocycles. The summed E-state index contributed by atoms with van der Waals surface area (Å²) in [7, 11) is -2.87. The zero-order valence-electron chi connectivity index (χ0n) is 27.8. The van der Waals surface area contributed by atoms with Crippen LogP contribution in [0, 0.1) is 5.92 Å². The molecule has 11 nitrogen and oxygen atoms in total. The lowest BCUT2D eigenvalue weighted by Crippen LogP contribution is -2.50. The summed E-state index contributed by atoms with van der Waals surface area (Å²) in [6, 6.07) is 23.0. The van der Waals surface area contributed by atoms with E-state index in [2.05, 4.69) is 9.97 Å². The van der Waals surface area contributed by atoms with Crippen LogP contribution in [-0.4, -0.2) is 77.9 Å². The van der Waals surface area contributed by atoms with Gasteiger partial charge in [-0.15, -0.1) is 23.1 Å². The Kier molecular flexibility index (Phi) is 12.4. The minimum absolute atomic E-state index is 0.0523. The number of pyridine rings is 1. The van der Waals surface area contributed by atoms with Gasteiger partial charge in [0.2, 0.25) is 10.0 Å². The number of hydrogen-bond acceptors (Lipinski definition) is 11. The Morgan fingerprint density at radius 3 is 2.26 bits per heavy atom. The van der Waals surface area contributed by atoms with Crippen molar-refractivity contribution in [3.8, 4) is 0 Å². The maximum absolute atomic E-state index is 14.3. The molecule has 0 aliphatic rings. The Morgan fingerprint density at radius 1 is 1.00 bits per heavy atom. The van der Waals surface area contributed by atoms with E-state index in [1.807, 2.05) is 74.5 Å². The number of aliphatic hydroxyl groups is 1. The quantitative estimate of drug-likeness (QED) is 0.135. The summed E-state index contributed by atoms with van der Waals surface area (Å²) in [6.45, 7) is 3.49. The lowest BCUT2D eigenvalue weighted by atomic mass is 9.85. The minimum Gasteiger partial charge on any atom is -0.452 e. The molecular formula is C36H39N5O6S3. The van der Waals surface area contributed by atoms with Crippen molar-refractivity contribution in [1.29, 1.82) is 0 Å². The van der Waals surface area contributed by atoms with Gasteiger partial charge >= 0.3 is 6.09 Å². The first kappa shape index (κ1) is 37.1. The molecule has 2 amide bonds. The second-order valence-electron chi connectivity index (χ2n) is 11.9. The number of methoxy groups -OCH3 is 1. The van der Waals surface area contributed by atoms with Crippen molar-refractivity contribution in [2.45, 2.75) is 41.6 Å². The van der Waals surface area contributed by atoms with E-state index in [0.29, 0.717) is 10.4 Å². The fourth-order valence-corrected chi connectivity index (χ4v) is 9.43. The Balaban J connectivity index is 1.46. The number of ether oxygens (including phenoxy) is 1. The van der Waals surface area contributed by atoms with Crippen LogP contribution < -0.4 is 10.6 Å². The van der Waals surface area contributed by atoms with Crippen LogP contribution in [0.5, 0.6) is 0 Å². The average molecular weight is 734 g/mol. The van der Waals surface area contributed by atoms with Gasteiger partial charge in [-0.25, -0.2) is 23.1 Å². The van der Waals surface area contributed by atoms with Crippen molar-refractivity contribution in [1.82, 2.24) is 14.3 Å². The third-order valence-corrected chi connectivity index (χ3v) is 12.0. The van der Waals surface area contributed by atoms with Crippen LogP contribution in [0.25, 0.3) is 10.2 Å². The number of thiazole rings is 1. The van der Waals surface area contributed by atoms with Crippen LogP contribution in [0.1, 0.15) is 30.9 Å². The molecular weight excluding hydrogens is 695 g/mol. The highest BCUT2D eigenvalue weighted by Crippen LogP contribution is 2.35. The zero-order chi connectivity index (χ0) is 35.8. The molecule has 3 N–H and O–H groups in total. The van der Waals surface area contributed by atoms with Crippen LogP contribution in [0.4, 0.5) is 10.5 Å². The number of imide groups is 1. The number of nitrogens with two attached hydrogens (primary N) is 1. The van der Waals surface area contributed by atoms with Crippen molar-refractivity contribution in [3.05, 3.63) is 114 Å². The molecule has 50 heavy (non-hydrogen) atoms. The van der Waals surface area contributed by atoms with Crippen LogP contribution >= 0.6 is 23.1 Å². The Hall–Kier alpha value is -4.18. The van der Waals surface area contributed by atoms with Gasteiger partial charge in [0.05, 0.1) is 58.3 Å². The topological polar surface area (TPSA) is 156 Å². The van der Waals surface area contributed by atoms with E-state index in [-0.39, 0.29) is 28.8 Å². The number of anilines is 1. The number of nitrogens with zero attached hydrogens (tertiary/aromatic N) is 4. The van der Waals surface area contributed by atoms with Gasteiger partial charge in [0.25, 0.3) is 5.91 Å². The predicted molar refractivity (Wildman–Crippen MR) is 197 cm³/mol. The largest absolute Gasteiger partial charge is 0.452 e. The molecule has 5 rings (SSSR count). The summed E-state index contributed by atoms with van der Waals surface area (Å²) in [4.78, 5) is 37.5. The van der Waals surface area contributed by atoms with Gasteiger partial charge < -0.3 is 15.6 Å². The number of sulfonamides is 1. The van der Waals surface area contributed by atoms with Gasteiger partial charge in [-0.1, -0.05) is 74.5 Å². The van der Waals surface area contributed by atoms with E-state index >= 15 is 0 Å². The zero-order valence-corrected chi connectivity index (χ0v) is 30.3. The van der Waals surface area contributed by atoms with Gasteiger partial charge in [-0.3, -0.25) is 9.78 Å². The molecule has 2 atom stereocenters. The van der Waals surface area contributed by atoms with Gasteiger partial charge in [0, 0.05) is 29.3 Å². The van der Waals surface area contributed by atoms with Crippen molar-refractivity contribution >= 4 is 61.0 Å². The van der Waals surface area contributed by atoms with Crippen LogP contribution in [-0.2, 0) is 19.6 Å². The monoisotopic (exact) mass is 733 g/mol. The molecule has 0 fully saturated rings. The van der Waals surface area contributed by atoms with E-state index < -0.39 is 46.6 Å². The van der Waals surface area contributed by atoms with Gasteiger partial charge in [-0.2, -0.15) is 4.31 Å². The van der Waals surface area contributed by atoms with E-state index in [9.17, 15) is 23.1 Å². The second kappa shape index (κ2) is 16.7. The highest BCUT2D eigenvalue weighted by atomic mass is 32.2. The summed E-state index contributed by atoms with van der Waals surface area (Å²) in [5.74, 6) is -1.27. The standard InChI is InChI=1S/C36H39N5O6S3/c1-24(2)20-40(50(45,46)28-14-15-29-32(18-28)49-23-39-29)27(21-42)22-48-31-16-17-38-19-30(31)41(36(44)47-3)35(43)34(37)33(25-10-6-4-7-11-25)26-12-8-5-9-13-26/h4-19,23-24,27,33-34,42H,20-22,37H2,1-3H3/t27-,34+/m1/s1. The number of rotatable bonds is 14. The maximum atomic E-state index is 14.3. The van der Waals surface area contributed by atoms with Gasteiger partial charge in [0.1, 0.15) is 0 Å². The molecule has 0 aliphatic heterocycles. The number of thioether (sulfide) groups is 1. The normalized spacial score (nSPS) is 13.1. The van der Waals surface area contributed by atoms with E-state index in [0.717, 1.165) is 20.7 Å². The Morgan fingerprint density at radius 2 is 1.66 bits per heavy atom. The second-order valence-corrected chi connectivity index (χ2v) is 15.7. The molecule has 0 bridgehead atoms. The fourth-order valence-electron chi connectivity index (χ4n) is 5.63. The predicted octanol–water partition coefficient (Wildman–Crippen LogP) is 5.75. The first-order valence-corrected chi connectivity index (χ1v) is 19.2. The number of aromatic nitrogens is 2. The molecule has 14 heteroatoms. The third-order valence-electron chi connectivity index (χ3n) is 8.05. The molecule has 2 heterocycles. The highest BCUT2D eigenvalue weighted by Gasteiger charge is 2.37. The summed E-state index contributed by atoms with van der Waals surface area (Å²) >= 11 is 2.52. The van der Waals surface area contributed by atoms with Crippen molar-refractivity contribution in [2.24, 2.45) is 11.7 Å². The molecule has 0 aliphatic carbocycles. The smallest absolute Gasteiger partial charge is 0.421 e. The van der Waals surface area contributed by atoms with E-state index in [4.69, 9.17) is 10.5 Å². The molecule has 0 saturated heterocycles. The summed E-state index contributed by atoms with van der Waals surface area (Å²) in [6.07, 6.45) is 1.91. The summed E-state index contributed by atoms with van der Waals surface area (Å²) < 4.78 is 35.3. The van der Waals surface area contributed by atoms with Gasteiger partial charge in [-0.05, 0) is 41.3 Å². The number of benzene rings is 3. The van der Waals surface area contributed by atoms with Crippen LogP contribution in [0.15, 0.2) is 113 Å².